The molecule has 1 aliphatic rings. The topological polar surface area (TPSA) is 82.9 Å². The second-order valence-electron chi connectivity index (χ2n) is 5.80. The van der Waals surface area contributed by atoms with Crippen LogP contribution in [0.5, 0.6) is 0 Å². The van der Waals surface area contributed by atoms with Gasteiger partial charge in [0.25, 0.3) is 0 Å². The van der Waals surface area contributed by atoms with Crippen LogP contribution in [0, 0.1) is 6.92 Å². The van der Waals surface area contributed by atoms with Crippen molar-refractivity contribution < 1.29 is 9.59 Å². The van der Waals surface area contributed by atoms with Gasteiger partial charge in [0.1, 0.15) is 5.25 Å². The zero-order valence-corrected chi connectivity index (χ0v) is 16.0. The summed E-state index contributed by atoms with van der Waals surface area (Å²) < 4.78 is 0. The third-order valence-corrected chi connectivity index (χ3v) is 4.84. The summed E-state index contributed by atoms with van der Waals surface area (Å²) in [6, 6.07) is 5.23. The second kappa shape index (κ2) is 9.01. The van der Waals surface area contributed by atoms with Crippen LogP contribution in [-0.4, -0.2) is 27.9 Å². The molecule has 1 fully saturated rings. The number of aryl methyl sites for hydroxylation is 1. The van der Waals surface area contributed by atoms with Crippen molar-refractivity contribution in [3.05, 3.63) is 28.8 Å². The molecule has 1 aromatic carbocycles. The van der Waals surface area contributed by atoms with Crippen molar-refractivity contribution in [2.24, 2.45) is 10.2 Å². The summed E-state index contributed by atoms with van der Waals surface area (Å²) in [5.41, 5.74) is 2.46. The number of rotatable bonds is 6. The highest BCUT2D eigenvalue weighted by molar-refractivity contribution is 8.15. The molecule has 0 saturated carbocycles. The van der Waals surface area contributed by atoms with E-state index in [9.17, 15) is 9.59 Å². The van der Waals surface area contributed by atoms with E-state index in [4.69, 9.17) is 11.6 Å². The predicted octanol–water partition coefficient (Wildman–Crippen LogP) is 3.74. The van der Waals surface area contributed by atoms with Gasteiger partial charge in [0, 0.05) is 22.8 Å². The van der Waals surface area contributed by atoms with Crippen molar-refractivity contribution in [3.8, 4) is 0 Å². The zero-order chi connectivity index (χ0) is 18.4. The third kappa shape index (κ3) is 5.86. The van der Waals surface area contributed by atoms with Crippen LogP contribution < -0.4 is 10.6 Å². The van der Waals surface area contributed by atoms with Crippen LogP contribution in [0.25, 0.3) is 0 Å². The fourth-order valence-electron chi connectivity index (χ4n) is 2.27. The lowest BCUT2D eigenvalue weighted by molar-refractivity contribution is -0.122. The Morgan fingerprint density at radius 3 is 2.88 bits per heavy atom. The Hall–Kier alpha value is -1.86. The summed E-state index contributed by atoms with van der Waals surface area (Å²) in [5.74, 6) is -0.458. The smallest absolute Gasteiger partial charge is 0.240 e. The summed E-state index contributed by atoms with van der Waals surface area (Å²) in [7, 11) is 0. The van der Waals surface area contributed by atoms with Crippen LogP contribution in [0.3, 0.4) is 0 Å². The Morgan fingerprint density at radius 2 is 2.20 bits per heavy atom. The number of carbonyl (C=O) groups excluding carboxylic acids is 2. The highest BCUT2D eigenvalue weighted by Gasteiger charge is 2.32. The molecule has 1 unspecified atom stereocenters. The average molecular weight is 381 g/mol. The van der Waals surface area contributed by atoms with Gasteiger partial charge in [-0.15, -0.1) is 5.10 Å². The first-order valence-corrected chi connectivity index (χ1v) is 9.29. The molecule has 2 amide bonds. The van der Waals surface area contributed by atoms with Crippen LogP contribution in [0.15, 0.2) is 28.4 Å². The van der Waals surface area contributed by atoms with E-state index in [1.54, 1.807) is 18.2 Å². The standard InChI is InChI=1S/C17H21ClN4O2S/c1-4-5-11(3)21-22-17-20-16(24)14(25-17)9-15(23)19-13-7-6-12(18)8-10(13)2/h6-8,14H,4-5,9H2,1-3H3,(H,19,23)(H,20,22,24)/b21-11-. The van der Waals surface area contributed by atoms with Gasteiger partial charge in [0.2, 0.25) is 11.8 Å². The molecular formula is C17H21ClN4O2S. The van der Waals surface area contributed by atoms with Crippen molar-refractivity contribution in [2.75, 3.05) is 5.32 Å². The molecule has 1 heterocycles. The molecule has 1 aliphatic heterocycles. The van der Waals surface area contributed by atoms with Crippen molar-refractivity contribution >= 4 is 51.7 Å². The van der Waals surface area contributed by atoms with E-state index < -0.39 is 5.25 Å². The maximum absolute atomic E-state index is 12.2. The Balaban J connectivity index is 1.94. The maximum Gasteiger partial charge on any atom is 0.240 e. The number of anilines is 1. The van der Waals surface area contributed by atoms with Crippen LogP contribution >= 0.6 is 23.4 Å². The van der Waals surface area contributed by atoms with E-state index in [0.29, 0.717) is 15.9 Å². The fraction of sp³-hybridized carbons (Fsp3) is 0.412. The number of amides is 2. The molecule has 2 N–H and O–H groups in total. The number of hydrogen-bond donors (Lipinski definition) is 2. The molecule has 1 atom stereocenters. The molecule has 1 saturated heterocycles. The number of nitrogens with one attached hydrogen (secondary N) is 2. The number of thioether (sulfide) groups is 1. The number of amidine groups is 1. The summed E-state index contributed by atoms with van der Waals surface area (Å²) in [4.78, 5) is 24.2. The molecule has 0 radical (unpaired) electrons. The predicted molar refractivity (Wildman–Crippen MR) is 104 cm³/mol. The molecule has 25 heavy (non-hydrogen) atoms. The van der Waals surface area contributed by atoms with E-state index >= 15 is 0 Å². The van der Waals surface area contributed by atoms with Crippen LogP contribution in [0.4, 0.5) is 5.69 Å². The van der Waals surface area contributed by atoms with Crippen molar-refractivity contribution in [1.29, 1.82) is 0 Å². The van der Waals surface area contributed by atoms with E-state index in [-0.39, 0.29) is 18.2 Å². The van der Waals surface area contributed by atoms with Crippen LogP contribution in [0.2, 0.25) is 5.02 Å². The quantitative estimate of drug-likeness (QED) is 0.582. The van der Waals surface area contributed by atoms with Crippen LogP contribution in [-0.2, 0) is 9.59 Å². The number of hydrogen-bond acceptors (Lipinski definition) is 5. The summed E-state index contributed by atoms with van der Waals surface area (Å²) in [6.45, 7) is 5.82. The fourth-order valence-corrected chi connectivity index (χ4v) is 3.41. The Kier molecular flexibility index (Phi) is 7.01. The first kappa shape index (κ1) is 19.5. The SMILES string of the molecule is CCC/C(C)=N\N=C1/NC(=O)C(CC(=O)Nc2ccc(Cl)cc2C)S1. The third-order valence-electron chi connectivity index (χ3n) is 3.53. The van der Waals surface area contributed by atoms with E-state index in [1.807, 2.05) is 13.8 Å². The molecule has 0 aromatic heterocycles. The number of nitrogens with zero attached hydrogens (tertiary/aromatic N) is 2. The molecule has 8 heteroatoms. The molecule has 0 bridgehead atoms. The van der Waals surface area contributed by atoms with Gasteiger partial charge in [-0.3, -0.25) is 9.59 Å². The summed E-state index contributed by atoms with van der Waals surface area (Å²) in [6.07, 6.45) is 1.92. The molecule has 0 spiro atoms. The first-order valence-electron chi connectivity index (χ1n) is 8.03. The molecule has 134 valence electrons. The van der Waals surface area contributed by atoms with E-state index in [1.165, 1.54) is 11.8 Å². The monoisotopic (exact) mass is 380 g/mol. The minimum Gasteiger partial charge on any atom is -0.326 e. The highest BCUT2D eigenvalue weighted by atomic mass is 35.5. The van der Waals surface area contributed by atoms with Crippen molar-refractivity contribution in [3.63, 3.8) is 0 Å². The number of halogens is 1. The van der Waals surface area contributed by atoms with E-state index in [2.05, 4.69) is 27.8 Å². The largest absolute Gasteiger partial charge is 0.326 e. The molecular weight excluding hydrogens is 360 g/mol. The van der Waals surface area contributed by atoms with Gasteiger partial charge < -0.3 is 10.6 Å². The van der Waals surface area contributed by atoms with Gasteiger partial charge in [-0.25, -0.2) is 0 Å². The normalized spacial score (nSPS) is 19.2. The Labute approximate surface area is 156 Å². The second-order valence-corrected chi connectivity index (χ2v) is 7.43. The average Bonchev–Trinajstić information content (AvgIpc) is 2.88. The highest BCUT2D eigenvalue weighted by Crippen LogP contribution is 2.24. The van der Waals surface area contributed by atoms with Crippen LogP contribution in [0.1, 0.15) is 38.7 Å². The van der Waals surface area contributed by atoms with Gasteiger partial charge in [0.05, 0.1) is 0 Å². The van der Waals surface area contributed by atoms with Gasteiger partial charge >= 0.3 is 0 Å². The lowest BCUT2D eigenvalue weighted by atomic mass is 10.2. The van der Waals surface area contributed by atoms with Gasteiger partial charge in [-0.1, -0.05) is 36.7 Å². The lowest BCUT2D eigenvalue weighted by Gasteiger charge is -2.10. The lowest BCUT2D eigenvalue weighted by Crippen LogP contribution is -2.28. The molecule has 6 nitrogen and oxygen atoms in total. The van der Waals surface area contributed by atoms with E-state index in [0.717, 1.165) is 24.1 Å². The minimum atomic E-state index is -0.506. The molecule has 2 rings (SSSR count). The molecule has 0 aliphatic carbocycles. The van der Waals surface area contributed by atoms with Crippen molar-refractivity contribution in [1.82, 2.24) is 5.32 Å². The van der Waals surface area contributed by atoms with Crippen molar-refractivity contribution in [2.45, 2.75) is 45.3 Å². The van der Waals surface area contributed by atoms with Gasteiger partial charge in [-0.2, -0.15) is 5.10 Å². The molecule has 1 aromatic rings. The number of benzene rings is 1. The summed E-state index contributed by atoms with van der Waals surface area (Å²) in [5, 5.41) is 14.1. The minimum absolute atomic E-state index is 0.0647. The first-order chi connectivity index (χ1) is 11.9. The van der Waals surface area contributed by atoms with Gasteiger partial charge in [0.15, 0.2) is 5.17 Å². The van der Waals surface area contributed by atoms with Gasteiger partial charge in [-0.05, 0) is 44.0 Å². The zero-order valence-electron chi connectivity index (χ0n) is 14.4. The maximum atomic E-state index is 12.2. The number of carbonyl (C=O) groups is 2. The Bertz CT molecular complexity index is 733. The summed E-state index contributed by atoms with van der Waals surface area (Å²) >= 11 is 7.13. The Morgan fingerprint density at radius 1 is 1.44 bits per heavy atom.